The molecule has 2 aromatic carbocycles. The van der Waals surface area contributed by atoms with Crippen molar-refractivity contribution in [1.82, 2.24) is 0 Å². The van der Waals surface area contributed by atoms with E-state index in [1.54, 1.807) is 18.2 Å². The maximum atomic E-state index is 12.7. The number of carbonyl (C=O) groups excluding carboxylic acids is 1. The third kappa shape index (κ3) is 4.52. The van der Waals surface area contributed by atoms with Gasteiger partial charge in [-0.2, -0.15) is 13.2 Å². The number of para-hydroxylation sites is 1. The summed E-state index contributed by atoms with van der Waals surface area (Å²) in [5.74, 6) is -1.72. The van der Waals surface area contributed by atoms with Gasteiger partial charge in [0.2, 0.25) is 16.5 Å². The van der Waals surface area contributed by atoms with Crippen molar-refractivity contribution in [3.05, 3.63) is 53.6 Å². The molecule has 0 aliphatic rings. The largest absolute Gasteiger partial charge is 0.426 e. The molecule has 0 fully saturated rings. The number of hydrogen-bond donors (Lipinski definition) is 3. The fourth-order valence-electron chi connectivity index (χ4n) is 2.02. The SMILES string of the molecule is C[C@@](O)(C(=O)Nc1ccc(N(c2ccccc2)[SH](=O)=O)cc1Cl)C(F)(F)F. The molecule has 2 N–H and O–H groups in total. The van der Waals surface area contributed by atoms with E-state index in [1.807, 2.05) is 5.32 Å². The minimum Gasteiger partial charge on any atom is -0.373 e. The molecule has 6 nitrogen and oxygen atoms in total. The molecule has 27 heavy (non-hydrogen) atoms. The van der Waals surface area contributed by atoms with Crippen LogP contribution < -0.4 is 9.62 Å². The number of nitrogens with zero attached hydrogens (tertiary/aromatic N) is 1. The predicted molar refractivity (Wildman–Crippen MR) is 95.7 cm³/mol. The molecular weight excluding hydrogens is 409 g/mol. The van der Waals surface area contributed by atoms with Crippen LogP contribution in [0, 0.1) is 0 Å². The maximum absolute atomic E-state index is 12.7. The highest BCUT2D eigenvalue weighted by Gasteiger charge is 2.55. The molecule has 1 amide bonds. The smallest absolute Gasteiger partial charge is 0.373 e. The Morgan fingerprint density at radius 3 is 2.19 bits per heavy atom. The van der Waals surface area contributed by atoms with E-state index < -0.39 is 28.6 Å². The van der Waals surface area contributed by atoms with Crippen molar-refractivity contribution in [2.24, 2.45) is 0 Å². The second kappa shape index (κ2) is 7.75. The number of amides is 1. The van der Waals surface area contributed by atoms with Gasteiger partial charge in [0.15, 0.2) is 0 Å². The summed E-state index contributed by atoms with van der Waals surface area (Å²) in [4.78, 5) is 11.7. The van der Waals surface area contributed by atoms with Crippen molar-refractivity contribution in [3.8, 4) is 0 Å². The van der Waals surface area contributed by atoms with Gasteiger partial charge in [0.1, 0.15) is 0 Å². The van der Waals surface area contributed by atoms with E-state index in [-0.39, 0.29) is 16.4 Å². The van der Waals surface area contributed by atoms with Gasteiger partial charge in [0, 0.05) is 0 Å². The first-order valence-corrected chi connectivity index (χ1v) is 8.85. The van der Waals surface area contributed by atoms with Crippen molar-refractivity contribution >= 4 is 45.5 Å². The van der Waals surface area contributed by atoms with Crippen LogP contribution in [-0.4, -0.2) is 31.2 Å². The highest BCUT2D eigenvalue weighted by atomic mass is 35.5. The zero-order chi connectivity index (χ0) is 20.4. The summed E-state index contributed by atoms with van der Waals surface area (Å²) in [6, 6.07) is 11.6. The number of carbonyl (C=O) groups is 1. The van der Waals surface area contributed by atoms with Crippen LogP contribution in [0.25, 0.3) is 0 Å². The van der Waals surface area contributed by atoms with Gasteiger partial charge in [-0.1, -0.05) is 29.8 Å². The average Bonchev–Trinajstić information content (AvgIpc) is 2.57. The van der Waals surface area contributed by atoms with Gasteiger partial charge in [0.25, 0.3) is 5.91 Å². The number of thiol groups is 1. The summed E-state index contributed by atoms with van der Waals surface area (Å²) in [5, 5.41) is 11.0. The van der Waals surface area contributed by atoms with E-state index >= 15 is 0 Å². The average molecular weight is 423 g/mol. The minimum absolute atomic E-state index is 0.114. The Hall–Kier alpha value is -2.30. The Morgan fingerprint density at radius 2 is 1.70 bits per heavy atom. The molecule has 0 bridgehead atoms. The highest BCUT2D eigenvalue weighted by molar-refractivity contribution is 7.74. The molecular formula is C16H14ClF3N2O4S. The lowest BCUT2D eigenvalue weighted by Gasteiger charge is -2.25. The summed E-state index contributed by atoms with van der Waals surface area (Å²) in [5.41, 5.74) is -3.41. The van der Waals surface area contributed by atoms with E-state index in [0.29, 0.717) is 12.6 Å². The number of hydrogen-bond acceptors (Lipinski definition) is 4. The number of rotatable bonds is 5. The first kappa shape index (κ1) is 21.0. The van der Waals surface area contributed by atoms with E-state index in [9.17, 15) is 31.5 Å². The predicted octanol–water partition coefficient (Wildman–Crippen LogP) is 3.26. The molecule has 0 aliphatic heterocycles. The number of anilines is 3. The molecule has 0 aliphatic carbocycles. The highest BCUT2D eigenvalue weighted by Crippen LogP contribution is 2.34. The Kier molecular flexibility index (Phi) is 6.03. The van der Waals surface area contributed by atoms with Gasteiger partial charge in [-0.3, -0.25) is 4.79 Å². The second-order valence-corrected chi connectivity index (χ2v) is 6.86. The van der Waals surface area contributed by atoms with Crippen LogP contribution in [-0.2, 0) is 15.7 Å². The Labute approximate surface area is 159 Å². The van der Waals surface area contributed by atoms with Gasteiger partial charge < -0.3 is 10.4 Å². The van der Waals surface area contributed by atoms with Crippen LogP contribution in [0.1, 0.15) is 6.92 Å². The van der Waals surface area contributed by atoms with Crippen LogP contribution in [0.4, 0.5) is 30.2 Å². The lowest BCUT2D eigenvalue weighted by molar-refractivity contribution is -0.242. The van der Waals surface area contributed by atoms with Gasteiger partial charge in [0.05, 0.1) is 22.1 Å². The molecule has 2 aromatic rings. The molecule has 0 saturated heterocycles. The molecule has 146 valence electrons. The van der Waals surface area contributed by atoms with Crippen LogP contribution in [0.5, 0.6) is 0 Å². The van der Waals surface area contributed by atoms with Crippen LogP contribution >= 0.6 is 11.6 Å². The van der Waals surface area contributed by atoms with Gasteiger partial charge >= 0.3 is 6.18 Å². The van der Waals surface area contributed by atoms with Crippen LogP contribution in [0.15, 0.2) is 48.5 Å². The topological polar surface area (TPSA) is 86.7 Å². The third-order valence-corrected chi connectivity index (χ3v) is 4.70. The zero-order valence-corrected chi connectivity index (χ0v) is 15.3. The summed E-state index contributed by atoms with van der Waals surface area (Å²) in [6.45, 7) is 0.309. The molecule has 11 heteroatoms. The van der Waals surface area contributed by atoms with Gasteiger partial charge in [-0.05, 0) is 37.3 Å². The van der Waals surface area contributed by atoms with E-state index in [2.05, 4.69) is 0 Å². The van der Waals surface area contributed by atoms with Crippen molar-refractivity contribution in [2.45, 2.75) is 18.7 Å². The first-order valence-electron chi connectivity index (χ1n) is 7.34. The van der Waals surface area contributed by atoms with E-state index in [4.69, 9.17) is 11.6 Å². The zero-order valence-electron chi connectivity index (χ0n) is 13.7. The summed E-state index contributed by atoms with van der Waals surface area (Å²) < 4.78 is 62.3. The number of nitrogens with one attached hydrogen (secondary N) is 1. The molecule has 0 saturated carbocycles. The van der Waals surface area contributed by atoms with Crippen molar-refractivity contribution in [3.63, 3.8) is 0 Å². The monoisotopic (exact) mass is 422 g/mol. The van der Waals surface area contributed by atoms with Crippen molar-refractivity contribution < 1.29 is 31.5 Å². The first-order chi connectivity index (χ1) is 12.4. The summed E-state index contributed by atoms with van der Waals surface area (Å²) >= 11 is 5.97. The van der Waals surface area contributed by atoms with Gasteiger partial charge in [-0.25, -0.2) is 12.7 Å². The second-order valence-electron chi connectivity index (χ2n) is 5.57. The lowest BCUT2D eigenvalue weighted by Crippen LogP contribution is -2.52. The fourth-order valence-corrected chi connectivity index (χ4v) is 2.87. The number of aliphatic hydroxyl groups is 1. The molecule has 0 radical (unpaired) electrons. The van der Waals surface area contributed by atoms with E-state index in [1.165, 1.54) is 18.2 Å². The van der Waals surface area contributed by atoms with Crippen LogP contribution in [0.2, 0.25) is 5.02 Å². The maximum Gasteiger partial charge on any atom is 0.426 e. The summed E-state index contributed by atoms with van der Waals surface area (Å²) in [6.07, 6.45) is -5.19. The lowest BCUT2D eigenvalue weighted by atomic mass is 10.1. The normalized spacial score (nSPS) is 13.9. The van der Waals surface area contributed by atoms with Crippen molar-refractivity contribution in [1.29, 1.82) is 0 Å². The van der Waals surface area contributed by atoms with E-state index in [0.717, 1.165) is 16.4 Å². The number of alkyl halides is 3. The summed E-state index contributed by atoms with van der Waals surface area (Å²) in [7, 11) is -3.09. The molecule has 2 rings (SSSR count). The fraction of sp³-hybridized carbons (Fsp3) is 0.188. The molecule has 0 spiro atoms. The third-order valence-electron chi connectivity index (χ3n) is 3.60. The van der Waals surface area contributed by atoms with Gasteiger partial charge in [-0.15, -0.1) is 0 Å². The minimum atomic E-state index is -5.19. The Bertz CT molecular complexity index is 910. The van der Waals surface area contributed by atoms with Crippen LogP contribution in [0.3, 0.4) is 0 Å². The molecule has 0 aromatic heterocycles. The Balaban J connectivity index is 2.34. The quantitative estimate of drug-likeness (QED) is 0.645. The van der Waals surface area contributed by atoms with Crippen molar-refractivity contribution in [2.75, 3.05) is 9.62 Å². The number of halogens is 4. The standard InChI is InChI=1S/C16H14ClF3N2O4S/c1-15(24,16(18,19)20)14(23)21-13-8-7-11(9-12(13)17)22(27(25)26)10-5-3-2-4-6-10/h2-9,24,27H,1H3,(H,21,23)/t15-/m1/s1. The molecule has 1 atom stereocenters. The Morgan fingerprint density at radius 1 is 1.11 bits per heavy atom. The molecule has 0 heterocycles. The molecule has 0 unspecified atom stereocenters. The number of benzene rings is 2.